The molecule has 106 valence electrons. The van der Waals surface area contributed by atoms with E-state index in [1.54, 1.807) is 24.3 Å². The highest BCUT2D eigenvalue weighted by Crippen LogP contribution is 2.24. The summed E-state index contributed by atoms with van der Waals surface area (Å²) >= 11 is -2.61. The SMILES string of the molecule is O=Cc1ccc(F)c(Oc2ccccc2)c1.O=S(O)O. The maximum atomic E-state index is 13.4. The van der Waals surface area contributed by atoms with Crippen LogP contribution in [-0.4, -0.2) is 19.6 Å². The van der Waals surface area contributed by atoms with Crippen LogP contribution >= 0.6 is 0 Å². The van der Waals surface area contributed by atoms with Crippen LogP contribution in [0, 0.1) is 5.82 Å². The van der Waals surface area contributed by atoms with Crippen LogP contribution in [0.1, 0.15) is 10.4 Å². The first kappa shape index (κ1) is 16.0. The molecule has 0 amide bonds. The van der Waals surface area contributed by atoms with Gasteiger partial charge in [-0.05, 0) is 30.3 Å². The third-order valence-corrected chi connectivity index (χ3v) is 2.06. The van der Waals surface area contributed by atoms with E-state index in [4.69, 9.17) is 18.1 Å². The van der Waals surface area contributed by atoms with Gasteiger partial charge >= 0.3 is 0 Å². The number of hydrogen-bond acceptors (Lipinski definition) is 3. The van der Waals surface area contributed by atoms with Crippen LogP contribution in [-0.2, 0) is 11.4 Å². The second-order valence-electron chi connectivity index (χ2n) is 3.45. The molecule has 0 aliphatic carbocycles. The van der Waals surface area contributed by atoms with Gasteiger partial charge in [0, 0.05) is 5.56 Å². The molecule has 0 aromatic heterocycles. The number of hydrogen-bond donors (Lipinski definition) is 2. The van der Waals surface area contributed by atoms with E-state index in [1.807, 2.05) is 6.07 Å². The molecule has 0 atom stereocenters. The van der Waals surface area contributed by atoms with Gasteiger partial charge in [-0.15, -0.1) is 0 Å². The molecule has 0 saturated carbocycles. The number of carbonyl (C=O) groups excluding carboxylic acids is 1. The summed E-state index contributed by atoms with van der Waals surface area (Å²) in [6, 6.07) is 12.8. The number of carbonyl (C=O) groups is 1. The molecule has 0 fully saturated rings. The highest BCUT2D eigenvalue weighted by Gasteiger charge is 2.05. The number of ether oxygens (including phenoxy) is 1. The van der Waals surface area contributed by atoms with E-state index in [0.717, 1.165) is 0 Å². The maximum absolute atomic E-state index is 13.4. The second-order valence-corrected chi connectivity index (χ2v) is 3.91. The van der Waals surface area contributed by atoms with E-state index >= 15 is 0 Å². The van der Waals surface area contributed by atoms with E-state index < -0.39 is 17.2 Å². The topological polar surface area (TPSA) is 83.8 Å². The summed E-state index contributed by atoms with van der Waals surface area (Å²) in [5.41, 5.74) is 0.382. The molecule has 2 rings (SSSR count). The maximum Gasteiger partial charge on any atom is 0.299 e. The molecule has 0 radical (unpaired) electrons. The zero-order valence-electron chi connectivity index (χ0n) is 10.1. The van der Waals surface area contributed by atoms with E-state index in [2.05, 4.69) is 0 Å². The van der Waals surface area contributed by atoms with Crippen LogP contribution in [0.2, 0.25) is 0 Å². The number of aldehydes is 1. The van der Waals surface area contributed by atoms with E-state index in [9.17, 15) is 9.18 Å². The summed E-state index contributed by atoms with van der Waals surface area (Å²) in [5.74, 6) is 0.0923. The van der Waals surface area contributed by atoms with Crippen molar-refractivity contribution in [3.05, 3.63) is 59.9 Å². The monoisotopic (exact) mass is 298 g/mol. The van der Waals surface area contributed by atoms with Gasteiger partial charge in [-0.25, -0.2) is 4.39 Å². The third kappa shape index (κ3) is 5.70. The molecular weight excluding hydrogens is 287 g/mol. The summed E-state index contributed by atoms with van der Waals surface area (Å²) in [6.45, 7) is 0. The Balaban J connectivity index is 0.000000444. The molecule has 0 aliphatic heterocycles. The lowest BCUT2D eigenvalue weighted by Gasteiger charge is -2.06. The lowest BCUT2D eigenvalue weighted by molar-refractivity contribution is 0.112. The van der Waals surface area contributed by atoms with Crippen LogP contribution in [0.4, 0.5) is 4.39 Å². The molecular formula is C13H11FO5S. The fourth-order valence-electron chi connectivity index (χ4n) is 1.29. The van der Waals surface area contributed by atoms with Gasteiger partial charge in [-0.1, -0.05) is 18.2 Å². The third-order valence-electron chi connectivity index (χ3n) is 2.06. The fraction of sp³-hybridized carbons (Fsp3) is 0. The Morgan fingerprint density at radius 1 is 1.10 bits per heavy atom. The lowest BCUT2D eigenvalue weighted by Crippen LogP contribution is -1.90. The summed E-state index contributed by atoms with van der Waals surface area (Å²) in [5, 5.41) is 0. The number of para-hydroxylation sites is 1. The molecule has 0 bridgehead atoms. The molecule has 0 saturated heterocycles. The summed E-state index contributed by atoms with van der Waals surface area (Å²) in [4.78, 5) is 10.5. The standard InChI is InChI=1S/C13H9FO2.H2O3S/c14-12-7-6-10(9-15)8-13(12)16-11-4-2-1-3-5-11;1-4(2)3/h1-9H;(H2,1,2,3). The fourth-order valence-corrected chi connectivity index (χ4v) is 1.29. The van der Waals surface area contributed by atoms with Gasteiger partial charge in [0.05, 0.1) is 0 Å². The normalized spacial score (nSPS) is 9.60. The Kier molecular flexibility index (Phi) is 6.51. The average molecular weight is 298 g/mol. The van der Waals surface area contributed by atoms with Crippen molar-refractivity contribution in [2.75, 3.05) is 0 Å². The van der Waals surface area contributed by atoms with E-state index in [-0.39, 0.29) is 5.75 Å². The predicted octanol–water partition coefficient (Wildman–Crippen LogP) is 3.11. The molecule has 20 heavy (non-hydrogen) atoms. The van der Waals surface area contributed by atoms with Crippen molar-refractivity contribution in [2.45, 2.75) is 0 Å². The van der Waals surface area contributed by atoms with Crippen molar-refractivity contribution in [1.29, 1.82) is 0 Å². The van der Waals surface area contributed by atoms with Crippen molar-refractivity contribution in [2.24, 2.45) is 0 Å². The molecule has 5 nitrogen and oxygen atoms in total. The molecule has 2 aromatic rings. The van der Waals surface area contributed by atoms with E-state index in [1.165, 1.54) is 18.2 Å². The van der Waals surface area contributed by atoms with Gasteiger partial charge in [0.1, 0.15) is 12.0 Å². The van der Waals surface area contributed by atoms with Gasteiger partial charge < -0.3 is 4.74 Å². The quantitative estimate of drug-likeness (QED) is 0.672. The number of benzene rings is 2. The minimum Gasteiger partial charge on any atom is -0.454 e. The van der Waals surface area contributed by atoms with Gasteiger partial charge in [0.25, 0.3) is 11.4 Å². The highest BCUT2D eigenvalue weighted by atomic mass is 32.2. The van der Waals surface area contributed by atoms with Crippen LogP contribution < -0.4 is 4.74 Å². The van der Waals surface area contributed by atoms with Crippen molar-refractivity contribution in [3.8, 4) is 11.5 Å². The zero-order valence-corrected chi connectivity index (χ0v) is 10.9. The molecule has 2 aromatic carbocycles. The number of halogens is 1. The molecule has 0 unspecified atom stereocenters. The van der Waals surface area contributed by atoms with Gasteiger partial charge in [0.15, 0.2) is 11.6 Å². The Morgan fingerprint density at radius 2 is 1.70 bits per heavy atom. The Bertz CT molecular complexity index is 585. The molecule has 0 spiro atoms. The minimum absolute atomic E-state index is 0.0517. The van der Waals surface area contributed by atoms with Crippen molar-refractivity contribution < 1.29 is 27.2 Å². The van der Waals surface area contributed by atoms with Crippen LogP contribution in [0.5, 0.6) is 11.5 Å². The van der Waals surface area contributed by atoms with Crippen LogP contribution in [0.3, 0.4) is 0 Å². The first-order valence-corrected chi connectivity index (χ1v) is 6.37. The summed E-state index contributed by atoms with van der Waals surface area (Å²) < 4.78 is 41.5. The van der Waals surface area contributed by atoms with Gasteiger partial charge in [-0.2, -0.15) is 4.21 Å². The van der Waals surface area contributed by atoms with Crippen LogP contribution in [0.25, 0.3) is 0 Å². The van der Waals surface area contributed by atoms with Crippen molar-refractivity contribution in [3.63, 3.8) is 0 Å². The first-order valence-electron chi connectivity index (χ1n) is 5.30. The van der Waals surface area contributed by atoms with Gasteiger partial charge in [0.2, 0.25) is 0 Å². The Morgan fingerprint density at radius 3 is 2.25 bits per heavy atom. The summed E-state index contributed by atoms with van der Waals surface area (Å²) in [6.07, 6.45) is 0.650. The lowest BCUT2D eigenvalue weighted by atomic mass is 10.2. The zero-order chi connectivity index (χ0) is 15.0. The first-order chi connectivity index (χ1) is 9.52. The molecule has 2 N–H and O–H groups in total. The molecule has 0 aliphatic rings. The smallest absolute Gasteiger partial charge is 0.299 e. The molecule has 0 heterocycles. The van der Waals surface area contributed by atoms with Crippen molar-refractivity contribution >= 4 is 17.6 Å². The minimum atomic E-state index is -2.61. The Labute approximate surface area is 117 Å². The Hall–Kier alpha value is -2.09. The van der Waals surface area contributed by atoms with E-state index in [0.29, 0.717) is 17.6 Å². The van der Waals surface area contributed by atoms with Crippen LogP contribution in [0.15, 0.2) is 48.5 Å². The average Bonchev–Trinajstić information content (AvgIpc) is 2.42. The highest BCUT2D eigenvalue weighted by molar-refractivity contribution is 7.73. The van der Waals surface area contributed by atoms with Gasteiger partial charge in [-0.3, -0.25) is 13.9 Å². The predicted molar refractivity (Wildman–Crippen MR) is 71.7 cm³/mol. The number of rotatable bonds is 3. The largest absolute Gasteiger partial charge is 0.454 e. The molecule has 7 heteroatoms. The second kappa shape index (κ2) is 8.16. The summed E-state index contributed by atoms with van der Waals surface area (Å²) in [7, 11) is 0. The van der Waals surface area contributed by atoms with Crippen molar-refractivity contribution in [1.82, 2.24) is 0 Å².